The second kappa shape index (κ2) is 47.9. The topological polar surface area (TPSA) is 61.8 Å². The molecule has 5 heteroatoms. The molecule has 0 rings (SSSR count). The van der Waals surface area contributed by atoms with E-state index in [-0.39, 0.29) is 25.2 Å². The molecular formula is C53H86O5. The number of hydrogen-bond donors (Lipinski definition) is 0. The van der Waals surface area contributed by atoms with E-state index in [0.717, 1.165) is 103 Å². The number of carbonyl (C=O) groups excluding carboxylic acids is 2. The molecular weight excluding hydrogens is 717 g/mol. The van der Waals surface area contributed by atoms with Crippen LogP contribution in [0.25, 0.3) is 0 Å². The molecule has 0 aromatic heterocycles. The van der Waals surface area contributed by atoms with Gasteiger partial charge in [0, 0.05) is 19.4 Å². The summed E-state index contributed by atoms with van der Waals surface area (Å²) in [5.41, 5.74) is 0. The summed E-state index contributed by atoms with van der Waals surface area (Å²) in [6.07, 6.45) is 65.2. The van der Waals surface area contributed by atoms with Gasteiger partial charge in [-0.2, -0.15) is 0 Å². The standard InChI is InChI=1S/C53H86O5/c1-4-7-10-13-16-19-22-24-26-27-29-30-32-34-37-40-43-46-52(54)57-50-51(49-56-48-45-42-39-36-21-18-15-12-9-6-3)58-53(55)47-44-41-38-35-33-31-28-25-23-20-17-14-11-8-5-2/h7-8,10-11,16-17,19-20,24-26,28-30,33-35,37,51H,4-6,9,12-15,18,21-23,27,31-32,36,38-50H2,1-3H3/b10-7-,11-8-,19-16-,20-17-,26-24-,28-25-,30-29-,35-33-,37-34-. The molecule has 0 saturated carbocycles. The van der Waals surface area contributed by atoms with E-state index in [9.17, 15) is 9.59 Å². The van der Waals surface area contributed by atoms with Crippen molar-refractivity contribution in [1.82, 2.24) is 0 Å². The third-order valence-electron chi connectivity index (χ3n) is 9.30. The zero-order chi connectivity index (χ0) is 42.1. The van der Waals surface area contributed by atoms with E-state index in [0.29, 0.717) is 19.4 Å². The maximum absolute atomic E-state index is 12.7. The number of esters is 2. The molecule has 0 aromatic carbocycles. The molecule has 328 valence electrons. The van der Waals surface area contributed by atoms with Gasteiger partial charge in [0.2, 0.25) is 0 Å². The summed E-state index contributed by atoms with van der Waals surface area (Å²) in [4.78, 5) is 25.3. The van der Waals surface area contributed by atoms with E-state index in [1.165, 1.54) is 51.4 Å². The van der Waals surface area contributed by atoms with Crippen LogP contribution in [0.4, 0.5) is 0 Å². The summed E-state index contributed by atoms with van der Waals surface area (Å²) in [5.74, 6) is -0.520. The average molecular weight is 803 g/mol. The number of hydrogen-bond acceptors (Lipinski definition) is 5. The van der Waals surface area contributed by atoms with Crippen LogP contribution in [0, 0.1) is 0 Å². The van der Waals surface area contributed by atoms with Gasteiger partial charge in [-0.25, -0.2) is 0 Å². The highest BCUT2D eigenvalue weighted by molar-refractivity contribution is 5.70. The van der Waals surface area contributed by atoms with Crippen LogP contribution in [0.2, 0.25) is 0 Å². The van der Waals surface area contributed by atoms with Crippen molar-refractivity contribution in [2.75, 3.05) is 19.8 Å². The minimum Gasteiger partial charge on any atom is -0.462 e. The van der Waals surface area contributed by atoms with Crippen LogP contribution < -0.4 is 0 Å². The van der Waals surface area contributed by atoms with Crippen LogP contribution >= 0.6 is 0 Å². The summed E-state index contributed by atoms with van der Waals surface area (Å²) in [6.45, 7) is 7.47. The van der Waals surface area contributed by atoms with Crippen molar-refractivity contribution in [1.29, 1.82) is 0 Å². The molecule has 58 heavy (non-hydrogen) atoms. The molecule has 0 N–H and O–H groups in total. The average Bonchev–Trinajstić information content (AvgIpc) is 3.22. The van der Waals surface area contributed by atoms with E-state index in [2.05, 4.69) is 130 Å². The van der Waals surface area contributed by atoms with Crippen molar-refractivity contribution >= 4 is 11.9 Å². The van der Waals surface area contributed by atoms with Gasteiger partial charge < -0.3 is 14.2 Å². The Kier molecular flexibility index (Phi) is 45.1. The van der Waals surface area contributed by atoms with Gasteiger partial charge >= 0.3 is 11.9 Å². The zero-order valence-corrected chi connectivity index (χ0v) is 37.5. The first kappa shape index (κ1) is 54.6. The van der Waals surface area contributed by atoms with Gasteiger partial charge in [-0.15, -0.1) is 0 Å². The molecule has 0 aromatic rings. The van der Waals surface area contributed by atoms with Gasteiger partial charge in [0.05, 0.1) is 6.61 Å². The lowest BCUT2D eigenvalue weighted by Crippen LogP contribution is -2.30. The molecule has 0 aliphatic heterocycles. The van der Waals surface area contributed by atoms with Crippen LogP contribution in [0.1, 0.15) is 188 Å². The lowest BCUT2D eigenvalue weighted by atomic mass is 10.1. The van der Waals surface area contributed by atoms with Crippen molar-refractivity contribution in [2.24, 2.45) is 0 Å². The normalized spacial score (nSPS) is 13.2. The maximum atomic E-state index is 12.7. The van der Waals surface area contributed by atoms with Crippen LogP contribution in [0.5, 0.6) is 0 Å². The van der Waals surface area contributed by atoms with Crippen molar-refractivity contribution in [2.45, 2.75) is 194 Å². The third-order valence-corrected chi connectivity index (χ3v) is 9.30. The Morgan fingerprint density at radius 1 is 0.397 bits per heavy atom. The zero-order valence-electron chi connectivity index (χ0n) is 37.5. The molecule has 0 amide bonds. The third kappa shape index (κ3) is 45.3. The first-order valence-electron chi connectivity index (χ1n) is 23.4. The van der Waals surface area contributed by atoms with Gasteiger partial charge in [0.15, 0.2) is 6.10 Å². The van der Waals surface area contributed by atoms with Crippen molar-refractivity contribution in [3.8, 4) is 0 Å². The quantitative estimate of drug-likeness (QED) is 0.0350. The van der Waals surface area contributed by atoms with Crippen LogP contribution in [0.3, 0.4) is 0 Å². The number of carbonyl (C=O) groups is 2. The van der Waals surface area contributed by atoms with E-state index in [4.69, 9.17) is 14.2 Å². The predicted octanol–water partition coefficient (Wildman–Crippen LogP) is 15.7. The first-order valence-corrected chi connectivity index (χ1v) is 23.4. The van der Waals surface area contributed by atoms with Crippen LogP contribution in [-0.2, 0) is 23.8 Å². The first-order chi connectivity index (χ1) is 28.6. The van der Waals surface area contributed by atoms with Gasteiger partial charge in [-0.05, 0) is 96.3 Å². The smallest absolute Gasteiger partial charge is 0.306 e. The molecule has 0 bridgehead atoms. The molecule has 0 heterocycles. The molecule has 5 nitrogen and oxygen atoms in total. The summed E-state index contributed by atoms with van der Waals surface area (Å²) in [6, 6.07) is 0. The van der Waals surface area contributed by atoms with Gasteiger partial charge in [-0.3, -0.25) is 9.59 Å². The minimum atomic E-state index is -0.583. The summed E-state index contributed by atoms with van der Waals surface area (Å²) in [5, 5.41) is 0. The fourth-order valence-corrected chi connectivity index (χ4v) is 5.89. The molecule has 0 aliphatic carbocycles. The number of allylic oxidation sites excluding steroid dienone is 18. The summed E-state index contributed by atoms with van der Waals surface area (Å²) >= 11 is 0. The number of ether oxygens (including phenoxy) is 3. The van der Waals surface area contributed by atoms with Crippen molar-refractivity contribution in [3.63, 3.8) is 0 Å². The Labute approximate surface area is 357 Å². The van der Waals surface area contributed by atoms with E-state index in [1.807, 2.05) is 0 Å². The Bertz CT molecular complexity index is 1180. The van der Waals surface area contributed by atoms with E-state index in [1.54, 1.807) is 0 Å². The van der Waals surface area contributed by atoms with Crippen molar-refractivity contribution in [3.05, 3.63) is 109 Å². The summed E-state index contributed by atoms with van der Waals surface area (Å²) in [7, 11) is 0. The molecule has 0 fully saturated rings. The largest absolute Gasteiger partial charge is 0.462 e. The molecule has 0 aliphatic rings. The lowest BCUT2D eigenvalue weighted by Gasteiger charge is -2.18. The second-order valence-electron chi connectivity index (χ2n) is 14.9. The highest BCUT2D eigenvalue weighted by Gasteiger charge is 2.17. The molecule has 1 atom stereocenters. The Hall–Kier alpha value is -3.44. The van der Waals surface area contributed by atoms with Gasteiger partial charge in [0.25, 0.3) is 0 Å². The number of rotatable bonds is 41. The van der Waals surface area contributed by atoms with Gasteiger partial charge in [0.1, 0.15) is 6.61 Å². The highest BCUT2D eigenvalue weighted by atomic mass is 16.6. The van der Waals surface area contributed by atoms with Crippen molar-refractivity contribution < 1.29 is 23.8 Å². The molecule has 0 spiro atoms. The summed E-state index contributed by atoms with van der Waals surface area (Å²) < 4.78 is 17.2. The molecule has 0 radical (unpaired) electrons. The van der Waals surface area contributed by atoms with Crippen LogP contribution in [-0.4, -0.2) is 37.9 Å². The Morgan fingerprint density at radius 2 is 0.793 bits per heavy atom. The fraction of sp³-hybridized carbons (Fsp3) is 0.623. The fourth-order valence-electron chi connectivity index (χ4n) is 5.89. The SMILES string of the molecule is CC/C=C\C/C=C\C/C=C\C/C=C\C/C=C\CCCC(=O)OCC(COCCCCCCCCCCCC)OC(=O)CCCC/C=C\C/C=C\C/C=C\C/C=C\CC. The Morgan fingerprint density at radius 3 is 1.26 bits per heavy atom. The van der Waals surface area contributed by atoms with Gasteiger partial charge in [-0.1, -0.05) is 188 Å². The van der Waals surface area contributed by atoms with E-state index < -0.39 is 6.10 Å². The number of unbranched alkanes of at least 4 members (excludes halogenated alkanes) is 12. The van der Waals surface area contributed by atoms with E-state index >= 15 is 0 Å². The lowest BCUT2D eigenvalue weighted by molar-refractivity contribution is -0.162. The molecule has 0 saturated heterocycles. The molecule has 1 unspecified atom stereocenters. The monoisotopic (exact) mass is 803 g/mol. The highest BCUT2D eigenvalue weighted by Crippen LogP contribution is 2.12. The van der Waals surface area contributed by atoms with Crippen LogP contribution in [0.15, 0.2) is 109 Å². The predicted molar refractivity (Wildman–Crippen MR) is 251 cm³/mol. The minimum absolute atomic E-state index is 0.0340. The maximum Gasteiger partial charge on any atom is 0.306 e. The second-order valence-corrected chi connectivity index (χ2v) is 14.9. The Balaban J connectivity index is 4.43.